The molecule has 1 aromatic rings. The molecule has 0 aliphatic heterocycles. The van der Waals surface area contributed by atoms with E-state index in [1.165, 1.54) is 24.8 Å². The first-order valence-corrected chi connectivity index (χ1v) is 14.7. The molecule has 0 radical (unpaired) electrons. The Labute approximate surface area is 228 Å². The van der Waals surface area contributed by atoms with Crippen LogP contribution in [0.4, 0.5) is 0 Å². The van der Waals surface area contributed by atoms with E-state index in [2.05, 4.69) is 10.8 Å². The number of carbonyl (C=O) groups is 1. The van der Waals surface area contributed by atoms with Crippen LogP contribution in [0.3, 0.4) is 0 Å². The van der Waals surface area contributed by atoms with Crippen molar-refractivity contribution in [3.63, 3.8) is 0 Å². The Balaban J connectivity index is 2.18. The zero-order valence-electron chi connectivity index (χ0n) is 23.2. The fraction of sp³-hybridized carbons (Fsp3) is 0.567. The lowest BCUT2D eigenvalue weighted by molar-refractivity contribution is -0.140. The molecule has 1 aliphatic carbocycles. The molecule has 1 aliphatic rings. The number of ether oxygens (including phenoxy) is 1. The Morgan fingerprint density at radius 1 is 1.18 bits per heavy atom. The molecule has 212 valence electrons. The van der Waals surface area contributed by atoms with Gasteiger partial charge < -0.3 is 14.9 Å². The number of aliphatic hydroxyl groups excluding tert-OH is 2. The van der Waals surface area contributed by atoms with Crippen LogP contribution in [-0.4, -0.2) is 50.0 Å². The van der Waals surface area contributed by atoms with Gasteiger partial charge in [-0.3, -0.25) is 8.98 Å². The van der Waals surface area contributed by atoms with E-state index >= 15 is 0 Å². The standard InChI is InChI=1S/C30H44O7S/c1-21(2)12-15-23(4)27(31)19-18-25-26(10-8-6-7-9-11-30(33)36-5)29(20-28(25)32)37-38(34,35)24-16-13-22(3)14-17-24/h6,8,12-14,16-19,23,25-29,31-32H,7,9-11,15,20H2,1-5H3/t23?,25-,26-,27+,28-,29-/m1/s1. The predicted molar refractivity (Wildman–Crippen MR) is 149 cm³/mol. The van der Waals surface area contributed by atoms with Crippen molar-refractivity contribution < 1.29 is 32.3 Å². The number of carbonyl (C=O) groups excluding carboxylic acids is 1. The fourth-order valence-corrected chi connectivity index (χ4v) is 5.67. The van der Waals surface area contributed by atoms with Gasteiger partial charge in [0.2, 0.25) is 0 Å². The van der Waals surface area contributed by atoms with Crippen LogP contribution in [0.1, 0.15) is 64.9 Å². The Morgan fingerprint density at radius 2 is 1.87 bits per heavy atom. The molecule has 1 fully saturated rings. The van der Waals surface area contributed by atoms with Gasteiger partial charge in [-0.25, -0.2) is 0 Å². The second-order valence-electron chi connectivity index (χ2n) is 10.5. The fourth-order valence-electron chi connectivity index (χ4n) is 4.55. The number of esters is 1. The third-order valence-electron chi connectivity index (χ3n) is 7.02. The molecule has 2 N–H and O–H groups in total. The number of methoxy groups -OCH3 is 1. The molecule has 8 heteroatoms. The number of rotatable bonds is 14. The van der Waals surface area contributed by atoms with Crippen molar-refractivity contribution in [1.82, 2.24) is 0 Å². The average molecular weight is 549 g/mol. The van der Waals surface area contributed by atoms with Crippen molar-refractivity contribution in [2.24, 2.45) is 17.8 Å². The van der Waals surface area contributed by atoms with Crippen molar-refractivity contribution in [2.75, 3.05) is 7.11 Å². The van der Waals surface area contributed by atoms with Crippen LogP contribution in [0.15, 0.2) is 65.1 Å². The molecule has 38 heavy (non-hydrogen) atoms. The summed E-state index contributed by atoms with van der Waals surface area (Å²) in [5.41, 5.74) is 2.13. The van der Waals surface area contributed by atoms with Gasteiger partial charge in [0, 0.05) is 18.8 Å². The summed E-state index contributed by atoms with van der Waals surface area (Å²) in [6.45, 7) is 7.88. The molecule has 0 heterocycles. The van der Waals surface area contributed by atoms with Gasteiger partial charge in [-0.1, -0.05) is 60.6 Å². The highest BCUT2D eigenvalue weighted by molar-refractivity contribution is 7.86. The molecular formula is C30H44O7S. The summed E-state index contributed by atoms with van der Waals surface area (Å²) in [5, 5.41) is 21.5. The molecular weight excluding hydrogens is 504 g/mol. The zero-order chi connectivity index (χ0) is 28.3. The van der Waals surface area contributed by atoms with E-state index in [4.69, 9.17) is 4.18 Å². The third kappa shape index (κ3) is 10.1. The lowest BCUT2D eigenvalue weighted by Crippen LogP contribution is -2.25. The topological polar surface area (TPSA) is 110 Å². The number of benzene rings is 1. The van der Waals surface area contributed by atoms with Gasteiger partial charge in [-0.2, -0.15) is 8.42 Å². The van der Waals surface area contributed by atoms with Crippen molar-refractivity contribution in [3.05, 3.63) is 65.8 Å². The summed E-state index contributed by atoms with van der Waals surface area (Å²) in [4.78, 5) is 11.4. The molecule has 1 unspecified atom stereocenters. The molecule has 7 nitrogen and oxygen atoms in total. The first-order chi connectivity index (χ1) is 17.9. The van der Waals surface area contributed by atoms with Gasteiger partial charge in [0.25, 0.3) is 10.1 Å². The zero-order valence-corrected chi connectivity index (χ0v) is 24.1. The maximum absolute atomic E-state index is 13.0. The molecule has 1 aromatic carbocycles. The molecule has 6 atom stereocenters. The van der Waals surface area contributed by atoms with E-state index < -0.39 is 28.4 Å². The number of unbranched alkanes of at least 4 members (excludes halogenated alkanes) is 1. The summed E-state index contributed by atoms with van der Waals surface area (Å²) >= 11 is 0. The van der Waals surface area contributed by atoms with Crippen molar-refractivity contribution >= 4 is 16.1 Å². The number of aliphatic hydroxyl groups is 2. The van der Waals surface area contributed by atoms with Crippen molar-refractivity contribution in [2.45, 2.75) is 89.4 Å². The second-order valence-corrected chi connectivity index (χ2v) is 12.1. The number of aryl methyl sites for hydroxylation is 1. The summed E-state index contributed by atoms with van der Waals surface area (Å²) in [6, 6.07) is 6.48. The van der Waals surface area contributed by atoms with E-state index in [9.17, 15) is 23.4 Å². The van der Waals surface area contributed by atoms with E-state index in [0.29, 0.717) is 25.7 Å². The Morgan fingerprint density at radius 3 is 2.50 bits per heavy atom. The van der Waals surface area contributed by atoms with E-state index in [-0.39, 0.29) is 35.0 Å². The number of hydrogen-bond acceptors (Lipinski definition) is 7. The third-order valence-corrected chi connectivity index (χ3v) is 8.37. The monoisotopic (exact) mass is 548 g/mol. The van der Waals surface area contributed by atoms with Gasteiger partial charge in [0.15, 0.2) is 0 Å². The van der Waals surface area contributed by atoms with Crippen LogP contribution in [0.5, 0.6) is 0 Å². The number of hydrogen-bond donors (Lipinski definition) is 2. The van der Waals surface area contributed by atoms with E-state index in [0.717, 1.165) is 12.0 Å². The molecule has 0 saturated heterocycles. The average Bonchev–Trinajstić information content (AvgIpc) is 3.15. The van der Waals surface area contributed by atoms with Gasteiger partial charge in [-0.05, 0) is 70.4 Å². The smallest absolute Gasteiger partial charge is 0.305 e. The highest BCUT2D eigenvalue weighted by Crippen LogP contribution is 2.40. The molecule has 0 bridgehead atoms. The normalized spacial score (nSPS) is 23.6. The van der Waals surface area contributed by atoms with Crippen LogP contribution < -0.4 is 0 Å². The lowest BCUT2D eigenvalue weighted by atomic mass is 9.88. The summed E-state index contributed by atoms with van der Waals surface area (Å²) in [5.74, 6) is -0.937. The van der Waals surface area contributed by atoms with Crippen LogP contribution in [0, 0.1) is 24.7 Å². The molecule has 0 aromatic heterocycles. The molecule has 0 amide bonds. The van der Waals surface area contributed by atoms with Gasteiger partial charge >= 0.3 is 5.97 Å². The number of allylic oxidation sites excluding steroid dienone is 4. The maximum atomic E-state index is 13.0. The largest absolute Gasteiger partial charge is 0.469 e. The van der Waals surface area contributed by atoms with Crippen molar-refractivity contribution in [3.8, 4) is 0 Å². The minimum atomic E-state index is -4.02. The van der Waals surface area contributed by atoms with Crippen LogP contribution >= 0.6 is 0 Å². The van der Waals surface area contributed by atoms with Crippen LogP contribution in [0.25, 0.3) is 0 Å². The summed E-state index contributed by atoms with van der Waals surface area (Å²) in [7, 11) is -2.66. The van der Waals surface area contributed by atoms with Gasteiger partial charge in [-0.15, -0.1) is 0 Å². The Bertz CT molecular complexity index is 1070. The summed E-state index contributed by atoms with van der Waals surface area (Å²) in [6.07, 6.45) is 10.4. The lowest BCUT2D eigenvalue weighted by Gasteiger charge is -2.23. The Hall–Kier alpha value is -2.26. The molecule has 0 spiro atoms. The first-order valence-electron chi connectivity index (χ1n) is 13.3. The van der Waals surface area contributed by atoms with Crippen LogP contribution in [0.2, 0.25) is 0 Å². The molecule has 1 saturated carbocycles. The van der Waals surface area contributed by atoms with Gasteiger partial charge in [0.1, 0.15) is 0 Å². The van der Waals surface area contributed by atoms with E-state index in [1.807, 2.05) is 45.9 Å². The SMILES string of the molecule is COC(=O)CCCC=CC[C@@H]1[C@@H](C=C[C@H](O)C(C)CC=C(C)C)[C@H](O)C[C@H]1OS(=O)(=O)c1ccc(C)cc1. The highest BCUT2D eigenvalue weighted by atomic mass is 32.2. The molecule has 2 rings (SSSR count). The van der Waals surface area contributed by atoms with Crippen molar-refractivity contribution in [1.29, 1.82) is 0 Å². The summed E-state index contributed by atoms with van der Waals surface area (Å²) < 4.78 is 36.4. The minimum absolute atomic E-state index is 0.00168. The minimum Gasteiger partial charge on any atom is -0.469 e. The maximum Gasteiger partial charge on any atom is 0.305 e. The highest BCUT2D eigenvalue weighted by Gasteiger charge is 2.43. The van der Waals surface area contributed by atoms with E-state index in [1.54, 1.807) is 18.2 Å². The van der Waals surface area contributed by atoms with Crippen LogP contribution in [-0.2, 0) is 23.8 Å². The first kappa shape index (κ1) is 32.0. The second kappa shape index (κ2) is 15.4. The Kier molecular flexibility index (Phi) is 12.9. The van der Waals surface area contributed by atoms with Gasteiger partial charge in [0.05, 0.1) is 30.3 Å². The quantitative estimate of drug-likeness (QED) is 0.141. The predicted octanol–water partition coefficient (Wildman–Crippen LogP) is 5.27.